The van der Waals surface area contributed by atoms with E-state index in [1.807, 2.05) is 0 Å². The average Bonchev–Trinajstić information content (AvgIpc) is 2.01. The summed E-state index contributed by atoms with van der Waals surface area (Å²) in [5.41, 5.74) is 2.76. The third-order valence-corrected chi connectivity index (χ3v) is 2.78. The standard InChI is InChI=1S/C12H17N/c1-10-4-2-5-11(8-10)9-13-12-6-3-7-12/h2,4-5,8,12-13H,3,6-7,9H2,1H3. The minimum Gasteiger partial charge on any atom is -0.310 e. The summed E-state index contributed by atoms with van der Waals surface area (Å²) in [6.07, 6.45) is 4.14. The van der Waals surface area contributed by atoms with Gasteiger partial charge in [0.2, 0.25) is 0 Å². The summed E-state index contributed by atoms with van der Waals surface area (Å²) in [6, 6.07) is 9.52. The van der Waals surface area contributed by atoms with Crippen molar-refractivity contribution in [3.63, 3.8) is 0 Å². The van der Waals surface area contributed by atoms with Crippen LogP contribution in [-0.2, 0) is 6.54 Å². The van der Waals surface area contributed by atoms with Gasteiger partial charge in [-0.25, -0.2) is 0 Å². The Labute approximate surface area is 80.2 Å². The van der Waals surface area contributed by atoms with Gasteiger partial charge in [-0.3, -0.25) is 0 Å². The van der Waals surface area contributed by atoms with Gasteiger partial charge in [0.25, 0.3) is 0 Å². The van der Waals surface area contributed by atoms with Crippen molar-refractivity contribution in [2.75, 3.05) is 0 Å². The normalized spacial score (nSPS) is 17.0. The molecular formula is C12H17N. The van der Waals surface area contributed by atoms with Gasteiger partial charge in [0, 0.05) is 12.6 Å². The van der Waals surface area contributed by atoms with Gasteiger partial charge in [0.15, 0.2) is 0 Å². The molecule has 0 spiro atoms. The summed E-state index contributed by atoms with van der Waals surface area (Å²) in [4.78, 5) is 0. The molecule has 1 heteroatoms. The molecule has 13 heavy (non-hydrogen) atoms. The van der Waals surface area contributed by atoms with Crippen LogP contribution in [0.1, 0.15) is 30.4 Å². The summed E-state index contributed by atoms with van der Waals surface area (Å²) in [6.45, 7) is 3.18. The molecule has 1 aliphatic rings. The Morgan fingerprint density at radius 2 is 2.23 bits per heavy atom. The van der Waals surface area contributed by atoms with Crippen LogP contribution < -0.4 is 5.32 Å². The maximum atomic E-state index is 3.56. The van der Waals surface area contributed by atoms with E-state index in [0.29, 0.717) is 0 Å². The maximum absolute atomic E-state index is 3.56. The third kappa shape index (κ3) is 2.31. The average molecular weight is 175 g/mol. The van der Waals surface area contributed by atoms with E-state index >= 15 is 0 Å². The van der Waals surface area contributed by atoms with Gasteiger partial charge in [-0.05, 0) is 25.3 Å². The molecule has 1 aromatic rings. The molecule has 2 rings (SSSR count). The lowest BCUT2D eigenvalue weighted by atomic mass is 9.93. The van der Waals surface area contributed by atoms with Crippen LogP contribution in [0.4, 0.5) is 0 Å². The Bertz CT molecular complexity index is 276. The van der Waals surface area contributed by atoms with E-state index in [0.717, 1.165) is 12.6 Å². The largest absolute Gasteiger partial charge is 0.310 e. The lowest BCUT2D eigenvalue weighted by Crippen LogP contribution is -2.34. The van der Waals surface area contributed by atoms with Crippen molar-refractivity contribution in [1.82, 2.24) is 5.32 Å². The van der Waals surface area contributed by atoms with Crippen molar-refractivity contribution in [2.24, 2.45) is 0 Å². The van der Waals surface area contributed by atoms with E-state index < -0.39 is 0 Å². The molecule has 0 heterocycles. The highest BCUT2D eigenvalue weighted by Crippen LogP contribution is 2.18. The Kier molecular flexibility index (Phi) is 2.65. The van der Waals surface area contributed by atoms with Gasteiger partial charge in [0.1, 0.15) is 0 Å². The van der Waals surface area contributed by atoms with Crippen LogP contribution in [0.2, 0.25) is 0 Å². The number of rotatable bonds is 3. The number of nitrogens with one attached hydrogen (secondary N) is 1. The molecule has 0 saturated heterocycles. The molecule has 0 amide bonds. The van der Waals surface area contributed by atoms with Crippen molar-refractivity contribution < 1.29 is 0 Å². The predicted molar refractivity (Wildman–Crippen MR) is 55.7 cm³/mol. The Hall–Kier alpha value is -0.820. The fraction of sp³-hybridized carbons (Fsp3) is 0.500. The van der Waals surface area contributed by atoms with Gasteiger partial charge >= 0.3 is 0 Å². The molecule has 1 fully saturated rings. The molecule has 1 saturated carbocycles. The van der Waals surface area contributed by atoms with Gasteiger partial charge in [-0.15, -0.1) is 0 Å². The summed E-state index contributed by atoms with van der Waals surface area (Å²) in [5, 5.41) is 3.56. The lowest BCUT2D eigenvalue weighted by molar-refractivity contribution is 0.338. The summed E-state index contributed by atoms with van der Waals surface area (Å²) in [5.74, 6) is 0. The van der Waals surface area contributed by atoms with Crippen LogP contribution >= 0.6 is 0 Å². The molecule has 0 atom stereocenters. The van der Waals surface area contributed by atoms with Crippen LogP contribution in [0.25, 0.3) is 0 Å². The van der Waals surface area contributed by atoms with E-state index in [9.17, 15) is 0 Å². The second kappa shape index (κ2) is 3.93. The monoisotopic (exact) mass is 175 g/mol. The molecule has 1 nitrogen and oxygen atoms in total. The minimum atomic E-state index is 0.792. The van der Waals surface area contributed by atoms with Gasteiger partial charge < -0.3 is 5.32 Å². The first kappa shape index (κ1) is 8.76. The Morgan fingerprint density at radius 1 is 1.38 bits per heavy atom. The SMILES string of the molecule is Cc1cccc(CNC2CCC2)c1. The second-order valence-corrected chi connectivity index (χ2v) is 4.00. The van der Waals surface area contributed by atoms with Crippen molar-refractivity contribution >= 4 is 0 Å². The van der Waals surface area contributed by atoms with E-state index in [4.69, 9.17) is 0 Å². The molecule has 0 radical (unpaired) electrons. The zero-order chi connectivity index (χ0) is 9.10. The molecule has 1 N–H and O–H groups in total. The first-order valence-electron chi connectivity index (χ1n) is 5.13. The van der Waals surface area contributed by atoms with E-state index in [2.05, 4.69) is 36.5 Å². The predicted octanol–water partition coefficient (Wildman–Crippen LogP) is 2.64. The third-order valence-electron chi connectivity index (χ3n) is 2.78. The van der Waals surface area contributed by atoms with Crippen molar-refractivity contribution in [1.29, 1.82) is 0 Å². The van der Waals surface area contributed by atoms with Crippen molar-refractivity contribution in [3.8, 4) is 0 Å². The molecule has 0 aromatic heterocycles. The van der Waals surface area contributed by atoms with E-state index in [-0.39, 0.29) is 0 Å². The lowest BCUT2D eigenvalue weighted by Gasteiger charge is -2.26. The molecular weight excluding hydrogens is 158 g/mol. The maximum Gasteiger partial charge on any atom is 0.0208 e. The van der Waals surface area contributed by atoms with Crippen LogP contribution in [0.3, 0.4) is 0 Å². The van der Waals surface area contributed by atoms with Gasteiger partial charge in [0.05, 0.1) is 0 Å². The van der Waals surface area contributed by atoms with Gasteiger partial charge in [-0.1, -0.05) is 36.2 Å². The fourth-order valence-electron chi connectivity index (χ4n) is 1.70. The molecule has 0 unspecified atom stereocenters. The number of benzene rings is 1. The van der Waals surface area contributed by atoms with Crippen molar-refractivity contribution in [3.05, 3.63) is 35.4 Å². The molecule has 70 valence electrons. The van der Waals surface area contributed by atoms with E-state index in [1.54, 1.807) is 0 Å². The first-order valence-corrected chi connectivity index (χ1v) is 5.13. The highest BCUT2D eigenvalue weighted by molar-refractivity contribution is 5.22. The summed E-state index contributed by atoms with van der Waals surface area (Å²) >= 11 is 0. The Balaban J connectivity index is 1.86. The minimum absolute atomic E-state index is 0.792. The molecule has 1 aromatic carbocycles. The van der Waals surface area contributed by atoms with E-state index in [1.165, 1.54) is 30.4 Å². The van der Waals surface area contributed by atoms with Crippen molar-refractivity contribution in [2.45, 2.75) is 38.8 Å². The zero-order valence-corrected chi connectivity index (χ0v) is 8.22. The molecule has 1 aliphatic carbocycles. The van der Waals surface area contributed by atoms with Crippen LogP contribution in [0, 0.1) is 6.92 Å². The fourth-order valence-corrected chi connectivity index (χ4v) is 1.70. The molecule has 0 bridgehead atoms. The number of hydrogen-bond donors (Lipinski definition) is 1. The number of aryl methyl sites for hydroxylation is 1. The first-order chi connectivity index (χ1) is 6.34. The zero-order valence-electron chi connectivity index (χ0n) is 8.22. The summed E-state index contributed by atoms with van der Waals surface area (Å²) in [7, 11) is 0. The smallest absolute Gasteiger partial charge is 0.0208 e. The molecule has 0 aliphatic heterocycles. The topological polar surface area (TPSA) is 12.0 Å². The Morgan fingerprint density at radius 3 is 2.85 bits per heavy atom. The van der Waals surface area contributed by atoms with Crippen LogP contribution in [0.5, 0.6) is 0 Å². The van der Waals surface area contributed by atoms with Gasteiger partial charge in [-0.2, -0.15) is 0 Å². The highest BCUT2D eigenvalue weighted by atomic mass is 14.9. The quantitative estimate of drug-likeness (QED) is 0.744. The summed E-state index contributed by atoms with van der Waals surface area (Å²) < 4.78 is 0. The highest BCUT2D eigenvalue weighted by Gasteiger charge is 2.15. The van der Waals surface area contributed by atoms with Crippen LogP contribution in [0.15, 0.2) is 24.3 Å². The number of hydrogen-bond acceptors (Lipinski definition) is 1. The van der Waals surface area contributed by atoms with Crippen LogP contribution in [-0.4, -0.2) is 6.04 Å². The second-order valence-electron chi connectivity index (χ2n) is 4.00.